The summed E-state index contributed by atoms with van der Waals surface area (Å²) in [7, 11) is 2.12. The molecule has 0 heterocycles. The van der Waals surface area contributed by atoms with Crippen LogP contribution in [-0.4, -0.2) is 7.05 Å². The summed E-state index contributed by atoms with van der Waals surface area (Å²) >= 11 is 0. The van der Waals surface area contributed by atoms with Crippen molar-refractivity contribution >= 4 is 22.1 Å². The molecule has 0 saturated heterocycles. The summed E-state index contributed by atoms with van der Waals surface area (Å²) in [5, 5.41) is 2.56. The molecule has 0 saturated carbocycles. The van der Waals surface area contributed by atoms with E-state index in [0.29, 0.717) is 0 Å². The van der Waals surface area contributed by atoms with Crippen molar-refractivity contribution in [2.24, 2.45) is 0 Å². The van der Waals surface area contributed by atoms with E-state index in [1.807, 2.05) is 0 Å². The first-order valence-corrected chi connectivity index (χ1v) is 9.01. The number of benzene rings is 4. The van der Waals surface area contributed by atoms with Crippen LogP contribution in [0.3, 0.4) is 0 Å². The number of hydrogen-bond acceptors (Lipinski definition) is 1. The van der Waals surface area contributed by atoms with E-state index in [0.717, 1.165) is 0 Å². The highest BCUT2D eigenvalue weighted by Crippen LogP contribution is 2.29. The normalized spacial score (nSPS) is 10.9. The average molecular weight is 337 g/mol. The SMILES string of the molecule is Cc1cc(C)cc(N(C)c2ccc(-c3ccc4ccccc4c3)cc2)c1. The zero-order valence-corrected chi connectivity index (χ0v) is 15.5. The fourth-order valence-electron chi connectivity index (χ4n) is 3.54. The molecular formula is C25H23N. The fraction of sp³-hybridized carbons (Fsp3) is 0.120. The molecule has 0 fully saturated rings. The van der Waals surface area contributed by atoms with E-state index in [1.165, 1.54) is 44.4 Å². The van der Waals surface area contributed by atoms with Gasteiger partial charge >= 0.3 is 0 Å². The molecule has 0 aliphatic rings. The highest BCUT2D eigenvalue weighted by molar-refractivity contribution is 5.87. The average Bonchev–Trinajstić information content (AvgIpc) is 2.66. The van der Waals surface area contributed by atoms with Crippen LogP contribution < -0.4 is 4.90 Å². The monoisotopic (exact) mass is 337 g/mol. The molecule has 0 aliphatic heterocycles. The van der Waals surface area contributed by atoms with Crippen molar-refractivity contribution in [2.45, 2.75) is 13.8 Å². The van der Waals surface area contributed by atoms with Crippen molar-refractivity contribution in [3.05, 3.63) is 96.1 Å². The van der Waals surface area contributed by atoms with Gasteiger partial charge in [-0.2, -0.15) is 0 Å². The quantitative estimate of drug-likeness (QED) is 0.393. The second kappa shape index (κ2) is 6.68. The second-order valence-corrected chi connectivity index (χ2v) is 7.01. The molecule has 26 heavy (non-hydrogen) atoms. The van der Waals surface area contributed by atoms with Crippen LogP contribution in [0.1, 0.15) is 11.1 Å². The number of hydrogen-bond donors (Lipinski definition) is 0. The number of aryl methyl sites for hydroxylation is 2. The van der Waals surface area contributed by atoms with Crippen LogP contribution in [0.2, 0.25) is 0 Å². The summed E-state index contributed by atoms with van der Waals surface area (Å²) in [6, 6.07) is 30.6. The Labute approximate surface area is 155 Å². The van der Waals surface area contributed by atoms with Crippen molar-refractivity contribution in [3.8, 4) is 11.1 Å². The van der Waals surface area contributed by atoms with Crippen LogP contribution in [0.5, 0.6) is 0 Å². The number of rotatable bonds is 3. The highest BCUT2D eigenvalue weighted by Gasteiger charge is 2.06. The molecule has 1 heteroatoms. The van der Waals surface area contributed by atoms with Crippen molar-refractivity contribution < 1.29 is 0 Å². The lowest BCUT2D eigenvalue weighted by atomic mass is 10.0. The first-order valence-electron chi connectivity index (χ1n) is 9.01. The van der Waals surface area contributed by atoms with Crippen LogP contribution in [0, 0.1) is 13.8 Å². The third-order valence-electron chi connectivity index (χ3n) is 4.93. The molecule has 0 aliphatic carbocycles. The molecule has 128 valence electrons. The molecule has 4 rings (SSSR count). The van der Waals surface area contributed by atoms with Gasteiger partial charge in [-0.15, -0.1) is 0 Å². The summed E-state index contributed by atoms with van der Waals surface area (Å²) in [4.78, 5) is 2.24. The first kappa shape index (κ1) is 16.4. The van der Waals surface area contributed by atoms with E-state index >= 15 is 0 Å². The maximum Gasteiger partial charge on any atom is 0.0413 e. The zero-order chi connectivity index (χ0) is 18.1. The van der Waals surface area contributed by atoms with E-state index in [9.17, 15) is 0 Å². The summed E-state index contributed by atoms with van der Waals surface area (Å²) in [5.41, 5.74) is 7.50. The van der Waals surface area contributed by atoms with E-state index in [4.69, 9.17) is 0 Å². The highest BCUT2D eigenvalue weighted by atomic mass is 15.1. The Kier molecular flexibility index (Phi) is 4.22. The van der Waals surface area contributed by atoms with E-state index < -0.39 is 0 Å². The number of fused-ring (bicyclic) bond motifs is 1. The van der Waals surface area contributed by atoms with Gasteiger partial charge in [0.15, 0.2) is 0 Å². The Bertz CT molecular complexity index is 1040. The molecule has 4 aromatic carbocycles. The Morgan fingerprint density at radius 1 is 0.538 bits per heavy atom. The maximum absolute atomic E-state index is 2.26. The molecule has 0 amide bonds. The van der Waals surface area contributed by atoms with E-state index in [-0.39, 0.29) is 0 Å². The van der Waals surface area contributed by atoms with Crippen molar-refractivity contribution in [1.82, 2.24) is 0 Å². The van der Waals surface area contributed by atoms with Gasteiger partial charge in [-0.05, 0) is 77.2 Å². The van der Waals surface area contributed by atoms with Gasteiger partial charge in [0.2, 0.25) is 0 Å². The Morgan fingerprint density at radius 2 is 1.15 bits per heavy atom. The van der Waals surface area contributed by atoms with Gasteiger partial charge in [-0.1, -0.05) is 54.6 Å². The molecule has 0 atom stereocenters. The van der Waals surface area contributed by atoms with E-state index in [1.54, 1.807) is 0 Å². The molecule has 1 nitrogen and oxygen atoms in total. The van der Waals surface area contributed by atoms with Gasteiger partial charge in [0.25, 0.3) is 0 Å². The zero-order valence-electron chi connectivity index (χ0n) is 15.5. The lowest BCUT2D eigenvalue weighted by Crippen LogP contribution is -2.09. The molecule has 0 N–H and O–H groups in total. The fourth-order valence-corrected chi connectivity index (χ4v) is 3.54. The lowest BCUT2D eigenvalue weighted by Gasteiger charge is -2.21. The lowest BCUT2D eigenvalue weighted by molar-refractivity contribution is 1.19. The summed E-state index contributed by atoms with van der Waals surface area (Å²) in [6.45, 7) is 4.29. The van der Waals surface area contributed by atoms with Crippen LogP contribution in [0.4, 0.5) is 11.4 Å². The van der Waals surface area contributed by atoms with Gasteiger partial charge in [-0.3, -0.25) is 0 Å². The van der Waals surface area contributed by atoms with Crippen LogP contribution in [0.25, 0.3) is 21.9 Å². The Hall–Kier alpha value is -3.06. The third kappa shape index (κ3) is 3.21. The molecule has 0 bridgehead atoms. The second-order valence-electron chi connectivity index (χ2n) is 7.01. The Balaban J connectivity index is 1.65. The minimum absolute atomic E-state index is 1.19. The van der Waals surface area contributed by atoms with Gasteiger partial charge in [-0.25, -0.2) is 0 Å². The van der Waals surface area contributed by atoms with E-state index in [2.05, 4.69) is 111 Å². The van der Waals surface area contributed by atoms with Gasteiger partial charge in [0.1, 0.15) is 0 Å². The van der Waals surface area contributed by atoms with Crippen LogP contribution >= 0.6 is 0 Å². The summed E-state index contributed by atoms with van der Waals surface area (Å²) in [5.74, 6) is 0. The van der Waals surface area contributed by atoms with Crippen LogP contribution in [0.15, 0.2) is 84.9 Å². The standard InChI is InChI=1S/C25H23N/c1-18-14-19(2)16-25(15-18)26(3)24-12-10-21(11-13-24)23-9-8-20-6-4-5-7-22(20)17-23/h4-17H,1-3H3. The predicted molar refractivity (Wildman–Crippen MR) is 113 cm³/mol. The summed E-state index contributed by atoms with van der Waals surface area (Å²) < 4.78 is 0. The summed E-state index contributed by atoms with van der Waals surface area (Å²) in [6.07, 6.45) is 0. The maximum atomic E-state index is 2.26. The largest absolute Gasteiger partial charge is 0.345 e. The molecule has 0 unspecified atom stereocenters. The number of anilines is 2. The number of nitrogens with zero attached hydrogens (tertiary/aromatic N) is 1. The first-order chi connectivity index (χ1) is 12.6. The van der Waals surface area contributed by atoms with Crippen molar-refractivity contribution in [1.29, 1.82) is 0 Å². The molecule has 4 aromatic rings. The van der Waals surface area contributed by atoms with Crippen molar-refractivity contribution in [2.75, 3.05) is 11.9 Å². The van der Waals surface area contributed by atoms with Gasteiger partial charge in [0.05, 0.1) is 0 Å². The topological polar surface area (TPSA) is 3.24 Å². The van der Waals surface area contributed by atoms with Gasteiger partial charge in [0, 0.05) is 18.4 Å². The van der Waals surface area contributed by atoms with Gasteiger partial charge < -0.3 is 4.90 Å². The minimum atomic E-state index is 1.19. The predicted octanol–water partition coefficient (Wildman–Crippen LogP) is 6.89. The molecular weight excluding hydrogens is 314 g/mol. The van der Waals surface area contributed by atoms with Crippen molar-refractivity contribution in [3.63, 3.8) is 0 Å². The third-order valence-corrected chi connectivity index (χ3v) is 4.93. The molecule has 0 aromatic heterocycles. The molecule has 0 spiro atoms. The Morgan fingerprint density at radius 3 is 1.85 bits per heavy atom. The van der Waals surface area contributed by atoms with Crippen LogP contribution in [-0.2, 0) is 0 Å². The molecule has 0 radical (unpaired) electrons. The minimum Gasteiger partial charge on any atom is -0.345 e. The smallest absolute Gasteiger partial charge is 0.0413 e.